The van der Waals surface area contributed by atoms with E-state index in [2.05, 4.69) is 18.0 Å². The number of ether oxygens (including phenoxy) is 1. The average molecular weight is 255 g/mol. The average Bonchev–Trinajstić information content (AvgIpc) is 2.35. The summed E-state index contributed by atoms with van der Waals surface area (Å²) in [6.07, 6.45) is 1.59. The van der Waals surface area contributed by atoms with Crippen LogP contribution in [-0.2, 0) is 0 Å². The van der Waals surface area contributed by atoms with E-state index in [4.69, 9.17) is 4.74 Å². The molecule has 19 heavy (non-hydrogen) atoms. The minimum Gasteiger partial charge on any atom is -0.439 e. The van der Waals surface area contributed by atoms with Crippen LogP contribution in [-0.4, -0.2) is 10.8 Å². The van der Waals surface area contributed by atoms with E-state index in [9.17, 15) is 4.79 Å². The molecule has 0 atom stereocenters. The highest BCUT2D eigenvalue weighted by Crippen LogP contribution is 2.27. The van der Waals surface area contributed by atoms with Crippen LogP contribution in [0.4, 0.5) is 0 Å². The van der Waals surface area contributed by atoms with E-state index in [-0.39, 0.29) is 5.78 Å². The second kappa shape index (κ2) is 5.22. The molecule has 1 heterocycles. The van der Waals surface area contributed by atoms with Crippen LogP contribution in [0.15, 0.2) is 30.5 Å². The van der Waals surface area contributed by atoms with Gasteiger partial charge in [0.05, 0.1) is 0 Å². The van der Waals surface area contributed by atoms with E-state index in [1.165, 1.54) is 12.5 Å². The first kappa shape index (κ1) is 13.3. The number of Topliss-reactive ketones (excluding diaryl/α,β-unsaturated/α-hetero) is 1. The summed E-state index contributed by atoms with van der Waals surface area (Å²) < 4.78 is 5.80. The second-order valence-electron chi connectivity index (χ2n) is 4.75. The van der Waals surface area contributed by atoms with Crippen molar-refractivity contribution in [3.05, 3.63) is 52.7 Å². The predicted octanol–water partition coefficient (Wildman–Crippen LogP) is 4.00. The third-order valence-electron chi connectivity index (χ3n) is 3.12. The molecule has 0 saturated carbocycles. The Bertz CT molecular complexity index is 633. The van der Waals surface area contributed by atoms with Gasteiger partial charge in [-0.3, -0.25) is 4.79 Å². The van der Waals surface area contributed by atoms with Gasteiger partial charge in [0.1, 0.15) is 5.75 Å². The molecule has 0 bridgehead atoms. The first-order valence-electron chi connectivity index (χ1n) is 6.20. The molecule has 1 aromatic carbocycles. The van der Waals surface area contributed by atoms with Crippen LogP contribution < -0.4 is 4.74 Å². The third-order valence-corrected chi connectivity index (χ3v) is 3.12. The van der Waals surface area contributed by atoms with Crippen LogP contribution in [0.25, 0.3) is 0 Å². The number of aryl methyl sites for hydroxylation is 2. The fraction of sp³-hybridized carbons (Fsp3) is 0.250. The lowest BCUT2D eigenvalue weighted by molar-refractivity contribution is 0.101. The maximum atomic E-state index is 11.3. The van der Waals surface area contributed by atoms with Crippen LogP contribution in [0.5, 0.6) is 11.6 Å². The quantitative estimate of drug-likeness (QED) is 0.778. The number of ketones is 1. The molecule has 2 rings (SSSR count). The highest BCUT2D eigenvalue weighted by molar-refractivity contribution is 5.94. The number of rotatable bonds is 3. The van der Waals surface area contributed by atoms with Crippen molar-refractivity contribution in [1.29, 1.82) is 0 Å². The Hall–Kier alpha value is -2.16. The van der Waals surface area contributed by atoms with Gasteiger partial charge in [0, 0.05) is 17.8 Å². The molecule has 0 fully saturated rings. The zero-order valence-electron chi connectivity index (χ0n) is 11.7. The predicted molar refractivity (Wildman–Crippen MR) is 75.0 cm³/mol. The molecule has 0 saturated heterocycles. The molecule has 1 aromatic heterocycles. The fourth-order valence-electron chi connectivity index (χ4n) is 1.90. The SMILES string of the molecule is CC(=O)c1ccnc(Oc2cc(C)cc(C)c2C)c1. The van der Waals surface area contributed by atoms with Gasteiger partial charge in [0.2, 0.25) is 5.88 Å². The summed E-state index contributed by atoms with van der Waals surface area (Å²) in [6.45, 7) is 7.62. The van der Waals surface area contributed by atoms with Gasteiger partial charge in [0.15, 0.2) is 5.78 Å². The van der Waals surface area contributed by atoms with Gasteiger partial charge < -0.3 is 4.74 Å². The maximum absolute atomic E-state index is 11.3. The monoisotopic (exact) mass is 255 g/mol. The summed E-state index contributed by atoms with van der Waals surface area (Å²) in [5.74, 6) is 1.23. The molecular weight excluding hydrogens is 238 g/mol. The Kier molecular flexibility index (Phi) is 3.65. The number of pyridine rings is 1. The minimum atomic E-state index is 0.00407. The van der Waals surface area contributed by atoms with Gasteiger partial charge in [0.25, 0.3) is 0 Å². The van der Waals surface area contributed by atoms with Crippen LogP contribution in [0.1, 0.15) is 34.0 Å². The third kappa shape index (κ3) is 2.99. The fourth-order valence-corrected chi connectivity index (χ4v) is 1.90. The molecule has 0 unspecified atom stereocenters. The van der Waals surface area contributed by atoms with Gasteiger partial charge >= 0.3 is 0 Å². The zero-order chi connectivity index (χ0) is 14.0. The van der Waals surface area contributed by atoms with Gasteiger partial charge in [-0.25, -0.2) is 4.98 Å². The van der Waals surface area contributed by atoms with E-state index in [1.54, 1.807) is 18.3 Å². The Morgan fingerprint density at radius 1 is 1.16 bits per heavy atom. The van der Waals surface area contributed by atoms with Gasteiger partial charge in [-0.05, 0) is 56.5 Å². The summed E-state index contributed by atoms with van der Waals surface area (Å²) in [5.41, 5.74) is 4.01. The van der Waals surface area contributed by atoms with E-state index in [1.807, 2.05) is 19.9 Å². The van der Waals surface area contributed by atoms with Crippen molar-refractivity contribution in [2.24, 2.45) is 0 Å². The van der Waals surface area contributed by atoms with Gasteiger partial charge in [-0.2, -0.15) is 0 Å². The molecular formula is C16H17NO2. The molecule has 3 heteroatoms. The summed E-state index contributed by atoms with van der Waals surface area (Å²) in [5, 5.41) is 0. The van der Waals surface area contributed by atoms with Crippen molar-refractivity contribution < 1.29 is 9.53 Å². The number of carbonyl (C=O) groups excluding carboxylic acids is 1. The van der Waals surface area contributed by atoms with Crippen molar-refractivity contribution in [3.8, 4) is 11.6 Å². The molecule has 0 aliphatic rings. The molecule has 0 spiro atoms. The summed E-state index contributed by atoms with van der Waals surface area (Å²) in [6, 6.07) is 7.44. The van der Waals surface area contributed by atoms with Crippen LogP contribution in [0.3, 0.4) is 0 Å². The van der Waals surface area contributed by atoms with Gasteiger partial charge in [-0.15, -0.1) is 0 Å². The van der Waals surface area contributed by atoms with E-state index < -0.39 is 0 Å². The Labute approximate surface area is 113 Å². The molecule has 0 radical (unpaired) electrons. The molecule has 0 amide bonds. The van der Waals surface area contributed by atoms with Crippen LogP contribution in [0.2, 0.25) is 0 Å². The first-order chi connectivity index (χ1) is 8.97. The molecule has 98 valence electrons. The smallest absolute Gasteiger partial charge is 0.219 e. The number of aromatic nitrogens is 1. The first-order valence-corrected chi connectivity index (χ1v) is 6.20. The summed E-state index contributed by atoms with van der Waals surface area (Å²) >= 11 is 0. The number of carbonyl (C=O) groups is 1. The van der Waals surface area contributed by atoms with Gasteiger partial charge in [-0.1, -0.05) is 6.07 Å². The van der Waals surface area contributed by atoms with Crippen LogP contribution >= 0.6 is 0 Å². The standard InChI is InChI=1S/C16H17NO2/c1-10-7-11(2)12(3)15(8-10)19-16-9-14(13(4)18)5-6-17-16/h5-9H,1-4H3. The second-order valence-corrected chi connectivity index (χ2v) is 4.75. The lowest BCUT2D eigenvalue weighted by Gasteiger charge is -2.11. The van der Waals surface area contributed by atoms with Crippen molar-refractivity contribution >= 4 is 5.78 Å². The van der Waals surface area contributed by atoms with Crippen molar-refractivity contribution in [2.75, 3.05) is 0 Å². The summed E-state index contributed by atoms with van der Waals surface area (Å²) in [7, 11) is 0. The molecule has 0 aliphatic carbocycles. The number of hydrogen-bond acceptors (Lipinski definition) is 3. The Morgan fingerprint density at radius 2 is 1.89 bits per heavy atom. The van der Waals surface area contributed by atoms with E-state index in [0.29, 0.717) is 11.4 Å². The number of hydrogen-bond donors (Lipinski definition) is 0. The highest BCUT2D eigenvalue weighted by atomic mass is 16.5. The highest BCUT2D eigenvalue weighted by Gasteiger charge is 2.08. The molecule has 3 nitrogen and oxygen atoms in total. The largest absolute Gasteiger partial charge is 0.439 e. The van der Waals surface area contributed by atoms with Crippen LogP contribution in [0, 0.1) is 20.8 Å². The Morgan fingerprint density at radius 3 is 2.58 bits per heavy atom. The zero-order valence-corrected chi connectivity index (χ0v) is 11.7. The normalized spacial score (nSPS) is 10.3. The maximum Gasteiger partial charge on any atom is 0.219 e. The van der Waals surface area contributed by atoms with Crippen molar-refractivity contribution in [2.45, 2.75) is 27.7 Å². The summed E-state index contributed by atoms with van der Waals surface area (Å²) in [4.78, 5) is 15.5. The van der Waals surface area contributed by atoms with Crippen molar-refractivity contribution in [3.63, 3.8) is 0 Å². The molecule has 0 N–H and O–H groups in total. The molecule has 2 aromatic rings. The minimum absolute atomic E-state index is 0.00407. The number of nitrogens with zero attached hydrogens (tertiary/aromatic N) is 1. The van der Waals surface area contributed by atoms with E-state index >= 15 is 0 Å². The molecule has 0 aliphatic heterocycles. The number of benzene rings is 1. The van der Waals surface area contributed by atoms with E-state index in [0.717, 1.165) is 16.9 Å². The topological polar surface area (TPSA) is 39.2 Å². The van der Waals surface area contributed by atoms with Crippen molar-refractivity contribution in [1.82, 2.24) is 4.98 Å². The Balaban J connectivity index is 2.36. The lowest BCUT2D eigenvalue weighted by atomic mass is 10.1. The lowest BCUT2D eigenvalue weighted by Crippen LogP contribution is -1.97.